The summed E-state index contributed by atoms with van der Waals surface area (Å²) in [4.78, 5) is 29.5. The molecule has 0 aliphatic heterocycles. The van der Waals surface area contributed by atoms with E-state index in [1.165, 1.54) is 24.7 Å². The largest absolute Gasteiger partial charge is 0.480 e. The Balaban J connectivity index is 2.55. The van der Waals surface area contributed by atoms with E-state index in [2.05, 4.69) is 9.97 Å². The van der Waals surface area contributed by atoms with Crippen LogP contribution in [0.1, 0.15) is 11.5 Å². The molecule has 2 N–H and O–H groups in total. The van der Waals surface area contributed by atoms with Crippen LogP contribution in [0, 0.1) is 0 Å². The maximum Gasteiger partial charge on any atom is 0.322 e. The summed E-state index contributed by atoms with van der Waals surface area (Å²) in [6, 6.07) is 4.50. The van der Waals surface area contributed by atoms with Crippen molar-refractivity contribution in [2.24, 2.45) is 0 Å². The molecule has 0 aliphatic carbocycles. The first-order chi connectivity index (χ1) is 8.09. The molecule has 0 saturated carbocycles. The highest BCUT2D eigenvalue weighted by Crippen LogP contribution is 2.20. The van der Waals surface area contributed by atoms with Gasteiger partial charge < -0.3 is 10.2 Å². The minimum atomic E-state index is -1.57. The third-order valence-corrected chi connectivity index (χ3v) is 2.36. The predicted octanol–water partition coefficient (Wildman–Crippen LogP) is 0.883. The molecule has 0 bridgehead atoms. The van der Waals surface area contributed by atoms with E-state index in [0.29, 0.717) is 10.9 Å². The lowest BCUT2D eigenvalue weighted by Gasteiger charge is -2.08. The number of carboxylic acids is 2. The highest BCUT2D eigenvalue weighted by Gasteiger charge is 2.27. The molecule has 6 heteroatoms. The predicted molar refractivity (Wildman–Crippen MR) is 57.6 cm³/mol. The SMILES string of the molecule is O=C(O)C(C(=O)O)c1ccc2ncncc2c1. The van der Waals surface area contributed by atoms with Crippen molar-refractivity contribution < 1.29 is 19.8 Å². The van der Waals surface area contributed by atoms with E-state index in [9.17, 15) is 9.59 Å². The number of aliphatic carboxylic acids is 2. The second kappa shape index (κ2) is 4.17. The van der Waals surface area contributed by atoms with Crippen LogP contribution < -0.4 is 0 Å². The average molecular weight is 232 g/mol. The van der Waals surface area contributed by atoms with Gasteiger partial charge >= 0.3 is 11.9 Å². The lowest BCUT2D eigenvalue weighted by atomic mass is 9.98. The number of rotatable bonds is 3. The fourth-order valence-corrected chi connectivity index (χ4v) is 1.57. The molecular weight excluding hydrogens is 224 g/mol. The number of aromatic nitrogens is 2. The standard InChI is InChI=1S/C11H8N2O4/c14-10(15)9(11(16)17)6-1-2-8-7(3-6)4-12-5-13-8/h1-5,9H,(H,14,15)(H,16,17). The van der Waals surface area contributed by atoms with E-state index in [0.717, 1.165) is 0 Å². The molecule has 17 heavy (non-hydrogen) atoms. The second-order valence-corrected chi connectivity index (χ2v) is 3.45. The van der Waals surface area contributed by atoms with E-state index >= 15 is 0 Å². The zero-order chi connectivity index (χ0) is 12.4. The summed E-state index contributed by atoms with van der Waals surface area (Å²) in [6.45, 7) is 0. The maximum absolute atomic E-state index is 10.9. The Labute approximate surface area is 95.6 Å². The fraction of sp³-hybridized carbons (Fsp3) is 0.0909. The van der Waals surface area contributed by atoms with Crippen molar-refractivity contribution in [2.75, 3.05) is 0 Å². The Hall–Kier alpha value is -2.50. The number of carbonyl (C=O) groups is 2. The Kier molecular flexibility index (Phi) is 2.70. The third-order valence-electron chi connectivity index (χ3n) is 2.36. The molecule has 1 aromatic carbocycles. The topological polar surface area (TPSA) is 100 Å². The minimum absolute atomic E-state index is 0.201. The highest BCUT2D eigenvalue weighted by molar-refractivity contribution is 5.99. The normalized spacial score (nSPS) is 10.6. The molecular formula is C11H8N2O4. The van der Waals surface area contributed by atoms with Gasteiger partial charge in [0.15, 0.2) is 5.92 Å². The van der Waals surface area contributed by atoms with Crippen LogP contribution in [-0.2, 0) is 9.59 Å². The van der Waals surface area contributed by atoms with Crippen LogP contribution in [0.4, 0.5) is 0 Å². The van der Waals surface area contributed by atoms with Crippen molar-refractivity contribution in [3.8, 4) is 0 Å². The monoisotopic (exact) mass is 232 g/mol. The molecule has 0 amide bonds. The number of carboxylic acid groups (broad SMARTS) is 2. The molecule has 1 heterocycles. The third kappa shape index (κ3) is 2.05. The van der Waals surface area contributed by atoms with Crippen molar-refractivity contribution >= 4 is 22.8 Å². The first kappa shape index (κ1) is 11.0. The molecule has 0 fully saturated rings. The molecule has 0 spiro atoms. The number of hydrogen-bond donors (Lipinski definition) is 2. The molecule has 0 atom stereocenters. The van der Waals surface area contributed by atoms with Crippen LogP contribution in [0.25, 0.3) is 10.9 Å². The van der Waals surface area contributed by atoms with Gasteiger partial charge in [-0.25, -0.2) is 9.97 Å². The van der Waals surface area contributed by atoms with Crippen molar-refractivity contribution in [3.05, 3.63) is 36.3 Å². The molecule has 0 unspecified atom stereocenters. The van der Waals surface area contributed by atoms with Crippen molar-refractivity contribution in [3.63, 3.8) is 0 Å². The van der Waals surface area contributed by atoms with Gasteiger partial charge in [0.05, 0.1) is 5.52 Å². The Morgan fingerprint density at radius 2 is 1.88 bits per heavy atom. The van der Waals surface area contributed by atoms with Gasteiger partial charge in [-0.05, 0) is 17.7 Å². The van der Waals surface area contributed by atoms with Crippen LogP contribution in [0.3, 0.4) is 0 Å². The summed E-state index contributed by atoms with van der Waals surface area (Å²) in [7, 11) is 0. The fourth-order valence-electron chi connectivity index (χ4n) is 1.57. The summed E-state index contributed by atoms with van der Waals surface area (Å²) >= 11 is 0. The summed E-state index contributed by atoms with van der Waals surface area (Å²) in [5, 5.41) is 18.3. The lowest BCUT2D eigenvalue weighted by molar-refractivity contribution is -0.150. The highest BCUT2D eigenvalue weighted by atomic mass is 16.4. The maximum atomic E-state index is 10.9. The van der Waals surface area contributed by atoms with Crippen LogP contribution >= 0.6 is 0 Å². The van der Waals surface area contributed by atoms with Gasteiger partial charge in [-0.1, -0.05) is 6.07 Å². The van der Waals surface area contributed by atoms with Gasteiger partial charge in [0.1, 0.15) is 6.33 Å². The quantitative estimate of drug-likeness (QED) is 0.762. The van der Waals surface area contributed by atoms with Gasteiger partial charge in [0.2, 0.25) is 0 Å². The summed E-state index contributed by atoms with van der Waals surface area (Å²) in [6.07, 6.45) is 2.88. The summed E-state index contributed by atoms with van der Waals surface area (Å²) < 4.78 is 0. The molecule has 6 nitrogen and oxygen atoms in total. The average Bonchev–Trinajstić information content (AvgIpc) is 2.28. The number of hydrogen-bond acceptors (Lipinski definition) is 4. The van der Waals surface area contributed by atoms with E-state index in [4.69, 9.17) is 10.2 Å². The molecule has 86 valence electrons. The van der Waals surface area contributed by atoms with E-state index in [1.54, 1.807) is 6.07 Å². The summed E-state index contributed by atoms with van der Waals surface area (Å²) in [5.74, 6) is -4.36. The molecule has 2 aromatic rings. The van der Waals surface area contributed by atoms with Crippen molar-refractivity contribution in [1.29, 1.82) is 0 Å². The molecule has 1 aromatic heterocycles. The second-order valence-electron chi connectivity index (χ2n) is 3.45. The van der Waals surface area contributed by atoms with Gasteiger partial charge in [-0.3, -0.25) is 9.59 Å². The molecule has 0 radical (unpaired) electrons. The zero-order valence-corrected chi connectivity index (χ0v) is 8.57. The Morgan fingerprint density at radius 1 is 1.18 bits per heavy atom. The smallest absolute Gasteiger partial charge is 0.322 e. The van der Waals surface area contributed by atoms with Crippen LogP contribution in [0.5, 0.6) is 0 Å². The molecule has 0 aliphatic rings. The minimum Gasteiger partial charge on any atom is -0.480 e. The van der Waals surface area contributed by atoms with Crippen LogP contribution in [0.2, 0.25) is 0 Å². The van der Waals surface area contributed by atoms with Crippen LogP contribution in [0.15, 0.2) is 30.7 Å². The van der Waals surface area contributed by atoms with E-state index in [-0.39, 0.29) is 5.56 Å². The summed E-state index contributed by atoms with van der Waals surface area (Å²) in [5.41, 5.74) is 0.838. The van der Waals surface area contributed by atoms with Gasteiger partial charge in [-0.2, -0.15) is 0 Å². The van der Waals surface area contributed by atoms with E-state index < -0.39 is 17.9 Å². The lowest BCUT2D eigenvalue weighted by Crippen LogP contribution is -2.20. The van der Waals surface area contributed by atoms with Crippen molar-refractivity contribution in [1.82, 2.24) is 9.97 Å². The van der Waals surface area contributed by atoms with Crippen LogP contribution in [-0.4, -0.2) is 32.1 Å². The Bertz CT molecular complexity index is 583. The first-order valence-electron chi connectivity index (χ1n) is 4.75. The number of fused-ring (bicyclic) bond motifs is 1. The van der Waals surface area contributed by atoms with Gasteiger partial charge in [0, 0.05) is 11.6 Å². The number of nitrogens with zero attached hydrogens (tertiary/aromatic N) is 2. The van der Waals surface area contributed by atoms with E-state index in [1.807, 2.05) is 0 Å². The van der Waals surface area contributed by atoms with Gasteiger partial charge in [-0.15, -0.1) is 0 Å². The first-order valence-corrected chi connectivity index (χ1v) is 4.75. The van der Waals surface area contributed by atoms with Crippen molar-refractivity contribution in [2.45, 2.75) is 5.92 Å². The Morgan fingerprint density at radius 3 is 2.53 bits per heavy atom. The zero-order valence-electron chi connectivity index (χ0n) is 8.57. The molecule has 0 saturated heterocycles. The van der Waals surface area contributed by atoms with Gasteiger partial charge in [0.25, 0.3) is 0 Å². The number of benzene rings is 1. The molecule has 2 rings (SSSR count).